The first-order chi connectivity index (χ1) is 12.2. The largest absolute Gasteiger partial charge is 0.497 e. The summed E-state index contributed by atoms with van der Waals surface area (Å²) in [4.78, 5) is 5.39. The molecule has 0 saturated heterocycles. The Morgan fingerprint density at radius 3 is 2.48 bits per heavy atom. The molecule has 0 aliphatic carbocycles. The van der Waals surface area contributed by atoms with E-state index in [9.17, 15) is 0 Å². The van der Waals surface area contributed by atoms with Crippen LogP contribution in [0.25, 0.3) is 11.3 Å². The zero-order chi connectivity index (χ0) is 17.6. The molecule has 0 aliphatic heterocycles. The topological polar surface area (TPSA) is 38.9 Å². The van der Waals surface area contributed by atoms with Gasteiger partial charge in [0.05, 0.1) is 19.0 Å². The zero-order valence-electron chi connectivity index (χ0n) is 14.0. The molecule has 2 aromatic carbocycles. The van der Waals surface area contributed by atoms with E-state index < -0.39 is 0 Å². The standard InChI is InChI=1S/C19H18ClN3OS/c1-3-21-19-23(22-12-14-4-10-17(24-2)11-5-14)18(13-25-19)15-6-8-16(20)9-7-15/h4-13H,3H2,1-2H3. The summed E-state index contributed by atoms with van der Waals surface area (Å²) in [7, 11) is 1.65. The number of halogens is 1. The van der Waals surface area contributed by atoms with Crippen molar-refractivity contribution in [2.45, 2.75) is 6.92 Å². The number of nitrogens with zero attached hydrogens (tertiary/aromatic N) is 3. The fourth-order valence-corrected chi connectivity index (χ4v) is 3.32. The van der Waals surface area contributed by atoms with Gasteiger partial charge < -0.3 is 4.74 Å². The molecule has 128 valence electrons. The normalized spacial score (nSPS) is 12.0. The van der Waals surface area contributed by atoms with Gasteiger partial charge in [-0.25, -0.2) is 4.68 Å². The van der Waals surface area contributed by atoms with Crippen LogP contribution in [0.3, 0.4) is 0 Å². The second-order valence-corrected chi connectivity index (χ2v) is 6.49. The lowest BCUT2D eigenvalue weighted by atomic mass is 10.2. The fourth-order valence-electron chi connectivity index (χ4n) is 2.29. The maximum atomic E-state index is 6.00. The van der Waals surface area contributed by atoms with E-state index in [1.54, 1.807) is 18.4 Å². The maximum Gasteiger partial charge on any atom is 0.206 e. The van der Waals surface area contributed by atoms with Crippen molar-refractivity contribution in [3.63, 3.8) is 0 Å². The molecule has 1 heterocycles. The summed E-state index contributed by atoms with van der Waals surface area (Å²) >= 11 is 7.57. The molecule has 0 saturated carbocycles. The van der Waals surface area contributed by atoms with Crippen LogP contribution in [0, 0.1) is 0 Å². The Morgan fingerprint density at radius 2 is 1.84 bits per heavy atom. The van der Waals surface area contributed by atoms with Gasteiger partial charge in [0, 0.05) is 22.5 Å². The number of ether oxygens (including phenoxy) is 1. The summed E-state index contributed by atoms with van der Waals surface area (Å²) in [5.74, 6) is 0.823. The highest BCUT2D eigenvalue weighted by atomic mass is 35.5. The van der Waals surface area contributed by atoms with Crippen molar-refractivity contribution in [3.05, 3.63) is 69.3 Å². The molecule has 0 aliphatic rings. The monoisotopic (exact) mass is 371 g/mol. The van der Waals surface area contributed by atoms with E-state index in [1.165, 1.54) is 0 Å². The number of benzene rings is 2. The van der Waals surface area contributed by atoms with Crippen molar-refractivity contribution < 1.29 is 4.74 Å². The molecular weight excluding hydrogens is 354 g/mol. The molecule has 1 aromatic heterocycles. The quantitative estimate of drug-likeness (QED) is 0.600. The van der Waals surface area contributed by atoms with E-state index in [1.807, 2.05) is 66.3 Å². The van der Waals surface area contributed by atoms with Crippen LogP contribution in [0.5, 0.6) is 5.75 Å². The molecule has 0 fully saturated rings. The van der Waals surface area contributed by atoms with Crippen molar-refractivity contribution in [1.29, 1.82) is 0 Å². The lowest BCUT2D eigenvalue weighted by molar-refractivity contribution is 0.415. The highest BCUT2D eigenvalue weighted by molar-refractivity contribution is 7.07. The van der Waals surface area contributed by atoms with Crippen LogP contribution in [-0.4, -0.2) is 24.5 Å². The molecule has 0 unspecified atom stereocenters. The highest BCUT2D eigenvalue weighted by Gasteiger charge is 2.07. The summed E-state index contributed by atoms with van der Waals surface area (Å²) in [6.07, 6.45) is 1.82. The van der Waals surface area contributed by atoms with Gasteiger partial charge in [0.25, 0.3) is 0 Å². The minimum atomic E-state index is 0.707. The Morgan fingerprint density at radius 1 is 1.12 bits per heavy atom. The van der Waals surface area contributed by atoms with E-state index >= 15 is 0 Å². The molecular formula is C19H18ClN3OS. The summed E-state index contributed by atoms with van der Waals surface area (Å²) < 4.78 is 7.05. The summed E-state index contributed by atoms with van der Waals surface area (Å²) in [5.41, 5.74) is 3.02. The Bertz CT molecular complexity index is 925. The van der Waals surface area contributed by atoms with Crippen molar-refractivity contribution in [2.24, 2.45) is 10.1 Å². The fraction of sp³-hybridized carbons (Fsp3) is 0.158. The van der Waals surface area contributed by atoms with Crippen molar-refractivity contribution in [1.82, 2.24) is 4.68 Å². The summed E-state index contributed by atoms with van der Waals surface area (Å²) in [5, 5.41) is 7.42. The van der Waals surface area contributed by atoms with Gasteiger partial charge in [0.2, 0.25) is 4.80 Å². The minimum Gasteiger partial charge on any atom is -0.497 e. The number of hydrogen-bond acceptors (Lipinski definition) is 4. The number of aromatic nitrogens is 1. The van der Waals surface area contributed by atoms with E-state index in [0.717, 1.165) is 27.4 Å². The van der Waals surface area contributed by atoms with Crippen LogP contribution in [0.4, 0.5) is 0 Å². The molecule has 3 aromatic rings. The molecule has 25 heavy (non-hydrogen) atoms. The first-order valence-electron chi connectivity index (χ1n) is 7.86. The third-order valence-electron chi connectivity index (χ3n) is 3.56. The summed E-state index contributed by atoms with van der Waals surface area (Å²) in [6, 6.07) is 15.5. The van der Waals surface area contributed by atoms with Crippen molar-refractivity contribution in [2.75, 3.05) is 13.7 Å². The second-order valence-electron chi connectivity index (χ2n) is 5.21. The average Bonchev–Trinajstić information content (AvgIpc) is 3.04. The van der Waals surface area contributed by atoms with Crippen LogP contribution < -0.4 is 9.54 Å². The van der Waals surface area contributed by atoms with E-state index in [-0.39, 0.29) is 0 Å². The van der Waals surface area contributed by atoms with Crippen molar-refractivity contribution >= 4 is 29.2 Å². The molecule has 0 radical (unpaired) electrons. The third kappa shape index (κ3) is 4.18. The van der Waals surface area contributed by atoms with Gasteiger partial charge >= 0.3 is 0 Å². The van der Waals surface area contributed by atoms with Gasteiger partial charge in [0.15, 0.2) is 0 Å². The molecule has 6 heteroatoms. The first-order valence-corrected chi connectivity index (χ1v) is 9.12. The molecule has 0 N–H and O–H groups in total. The first kappa shape index (κ1) is 17.5. The second kappa shape index (κ2) is 8.14. The SMILES string of the molecule is CCN=c1scc(-c2ccc(Cl)cc2)n1N=Cc1ccc(OC)cc1. The van der Waals surface area contributed by atoms with Crippen LogP contribution >= 0.6 is 22.9 Å². The van der Waals surface area contributed by atoms with Gasteiger partial charge in [-0.05, 0) is 48.9 Å². The molecule has 0 amide bonds. The molecule has 3 rings (SSSR count). The van der Waals surface area contributed by atoms with Crippen LogP contribution in [0.15, 0.2) is 64.0 Å². The molecule has 0 atom stereocenters. The Hall–Kier alpha value is -2.37. The van der Waals surface area contributed by atoms with E-state index in [0.29, 0.717) is 11.6 Å². The zero-order valence-corrected chi connectivity index (χ0v) is 15.6. The average molecular weight is 372 g/mol. The van der Waals surface area contributed by atoms with Gasteiger partial charge in [-0.3, -0.25) is 4.99 Å². The molecule has 4 nitrogen and oxygen atoms in total. The third-order valence-corrected chi connectivity index (χ3v) is 4.66. The lowest BCUT2D eigenvalue weighted by Gasteiger charge is -2.04. The summed E-state index contributed by atoms with van der Waals surface area (Å²) in [6.45, 7) is 2.72. The highest BCUT2D eigenvalue weighted by Crippen LogP contribution is 2.22. The maximum absolute atomic E-state index is 6.00. The number of rotatable bonds is 5. The number of methoxy groups -OCH3 is 1. The van der Waals surface area contributed by atoms with Crippen LogP contribution in [-0.2, 0) is 0 Å². The van der Waals surface area contributed by atoms with E-state index in [4.69, 9.17) is 16.3 Å². The number of thiazole rings is 1. The van der Waals surface area contributed by atoms with Gasteiger partial charge in [-0.1, -0.05) is 23.7 Å². The molecule has 0 spiro atoms. The van der Waals surface area contributed by atoms with Gasteiger partial charge in [-0.2, -0.15) is 5.10 Å². The van der Waals surface area contributed by atoms with E-state index in [2.05, 4.69) is 15.5 Å². The molecule has 0 bridgehead atoms. The Kier molecular flexibility index (Phi) is 5.68. The minimum absolute atomic E-state index is 0.707. The van der Waals surface area contributed by atoms with Gasteiger partial charge in [-0.15, -0.1) is 11.3 Å². The Labute approximate surface area is 155 Å². The number of hydrogen-bond donors (Lipinski definition) is 0. The van der Waals surface area contributed by atoms with Crippen molar-refractivity contribution in [3.8, 4) is 17.0 Å². The van der Waals surface area contributed by atoms with Crippen LogP contribution in [0.1, 0.15) is 12.5 Å². The Balaban J connectivity index is 2.00. The predicted molar refractivity (Wildman–Crippen MR) is 105 cm³/mol. The predicted octanol–water partition coefficient (Wildman–Crippen LogP) is 4.68. The van der Waals surface area contributed by atoms with Crippen LogP contribution in [0.2, 0.25) is 5.02 Å². The lowest BCUT2D eigenvalue weighted by Crippen LogP contribution is -2.12. The van der Waals surface area contributed by atoms with Gasteiger partial charge in [0.1, 0.15) is 5.75 Å². The smallest absolute Gasteiger partial charge is 0.206 e.